The summed E-state index contributed by atoms with van der Waals surface area (Å²) in [6.45, 7) is 0.122. The zero-order valence-corrected chi connectivity index (χ0v) is 9.43. The molecule has 0 aliphatic heterocycles. The molecule has 0 saturated carbocycles. The van der Waals surface area contributed by atoms with Gasteiger partial charge in [0.15, 0.2) is 24.0 Å². The zero-order chi connectivity index (χ0) is 13.0. The van der Waals surface area contributed by atoms with Gasteiger partial charge in [0, 0.05) is 23.9 Å². The van der Waals surface area contributed by atoms with Gasteiger partial charge in [-0.2, -0.15) is 4.57 Å². The van der Waals surface area contributed by atoms with Gasteiger partial charge in [0.05, 0.1) is 0 Å². The number of halogens is 1. The van der Waals surface area contributed by atoms with E-state index in [1.54, 1.807) is 29.1 Å². The lowest BCUT2D eigenvalue weighted by Gasteiger charge is -2.03. The number of hydrogen-bond acceptors (Lipinski definition) is 2. The Hall–Kier alpha value is -2.43. The normalized spacial score (nSPS) is 10.1. The van der Waals surface area contributed by atoms with Gasteiger partial charge in [-0.05, 0) is 18.2 Å². The molecule has 0 atom stereocenters. The molecule has 0 bridgehead atoms. The Morgan fingerprint density at radius 2 is 2.11 bits per heavy atom. The molecular weight excluding hydrogens is 235 g/mol. The van der Waals surface area contributed by atoms with E-state index in [1.165, 1.54) is 12.1 Å². The van der Waals surface area contributed by atoms with Gasteiger partial charge in [-0.3, -0.25) is 4.79 Å². The molecule has 1 radical (unpaired) electrons. The second-order valence-corrected chi connectivity index (χ2v) is 3.68. The Labute approximate surface area is 103 Å². The molecule has 1 aromatic carbocycles. The lowest BCUT2D eigenvalue weighted by atomic mass is 10.3. The average Bonchev–Trinajstić information content (AvgIpc) is 2.35. The molecule has 0 spiro atoms. The maximum atomic E-state index is 13.0. The molecule has 2 rings (SSSR count). The van der Waals surface area contributed by atoms with Crippen LogP contribution in [0.25, 0.3) is 0 Å². The number of amides is 1. The number of nitrogens with one attached hydrogen (secondary N) is 1. The summed E-state index contributed by atoms with van der Waals surface area (Å²) >= 11 is 0. The van der Waals surface area contributed by atoms with Crippen LogP contribution in [0.5, 0.6) is 5.75 Å². The van der Waals surface area contributed by atoms with E-state index in [0.717, 1.165) is 6.07 Å². The molecule has 2 aromatic rings. The van der Waals surface area contributed by atoms with E-state index >= 15 is 0 Å². The van der Waals surface area contributed by atoms with E-state index in [9.17, 15) is 9.18 Å². The van der Waals surface area contributed by atoms with Gasteiger partial charge < -0.3 is 10.4 Å². The van der Waals surface area contributed by atoms with Crippen molar-refractivity contribution in [3.63, 3.8) is 0 Å². The standard InChI is InChI=1S/C13H10FN2O2/c14-11-8-10(4-5-12(11)17)15-13(18)9-16-6-2-1-3-7-16/h2-8H,9H2,(H-,15,17,18)/p+1. The van der Waals surface area contributed by atoms with Gasteiger partial charge >= 0.3 is 0 Å². The van der Waals surface area contributed by atoms with Crippen molar-refractivity contribution in [1.29, 1.82) is 0 Å². The summed E-state index contributed by atoms with van der Waals surface area (Å²) < 4.78 is 14.7. The maximum absolute atomic E-state index is 13.0. The Balaban J connectivity index is 2.01. The first-order valence-electron chi connectivity index (χ1n) is 5.28. The van der Waals surface area contributed by atoms with Crippen LogP contribution in [0, 0.1) is 11.9 Å². The number of aromatic hydroxyl groups is 1. The summed E-state index contributed by atoms with van der Waals surface area (Å²) in [7, 11) is 0. The van der Waals surface area contributed by atoms with E-state index < -0.39 is 11.6 Å². The minimum atomic E-state index is -0.769. The fourth-order valence-corrected chi connectivity index (χ4v) is 1.44. The molecule has 1 heterocycles. The number of nitrogens with zero attached hydrogens (tertiary/aromatic N) is 1. The van der Waals surface area contributed by atoms with Crippen LogP contribution in [0.1, 0.15) is 0 Å². The van der Waals surface area contributed by atoms with Crippen LogP contribution >= 0.6 is 0 Å². The highest BCUT2D eigenvalue weighted by atomic mass is 19.1. The fourth-order valence-electron chi connectivity index (χ4n) is 1.44. The van der Waals surface area contributed by atoms with E-state index in [4.69, 9.17) is 5.11 Å². The molecule has 2 N–H and O–H groups in total. The highest BCUT2D eigenvalue weighted by Gasteiger charge is 2.10. The minimum Gasteiger partial charge on any atom is -0.505 e. The minimum absolute atomic E-state index is 0.122. The molecule has 0 aliphatic rings. The second kappa shape index (κ2) is 5.27. The summed E-state index contributed by atoms with van der Waals surface area (Å²) in [5.74, 6) is -1.49. The summed E-state index contributed by atoms with van der Waals surface area (Å²) in [6, 6.07) is 9.90. The number of anilines is 1. The number of aromatic nitrogens is 1. The second-order valence-electron chi connectivity index (χ2n) is 3.68. The predicted octanol–water partition coefficient (Wildman–Crippen LogP) is 1.26. The van der Waals surface area contributed by atoms with Crippen molar-refractivity contribution in [3.8, 4) is 5.75 Å². The van der Waals surface area contributed by atoms with Gasteiger partial charge in [-0.25, -0.2) is 4.39 Å². The fraction of sp³-hybridized carbons (Fsp3) is 0.0769. The number of phenolic OH excluding ortho intramolecular Hbond substituents is 1. The Bertz CT molecular complexity index is 558. The van der Waals surface area contributed by atoms with Crippen LogP contribution in [0.2, 0.25) is 0 Å². The van der Waals surface area contributed by atoms with Crippen molar-refractivity contribution in [2.45, 2.75) is 6.54 Å². The first kappa shape index (κ1) is 12.0. The number of pyridine rings is 1. The van der Waals surface area contributed by atoms with E-state index in [0.29, 0.717) is 5.69 Å². The highest BCUT2D eigenvalue weighted by molar-refractivity contribution is 5.89. The number of rotatable bonds is 3. The molecule has 0 fully saturated rings. The number of carbonyl (C=O) groups is 1. The molecule has 0 aliphatic carbocycles. The van der Waals surface area contributed by atoms with Crippen molar-refractivity contribution < 1.29 is 18.9 Å². The summed E-state index contributed by atoms with van der Waals surface area (Å²) in [6.07, 6.45) is 3.41. The highest BCUT2D eigenvalue weighted by Crippen LogP contribution is 2.19. The molecule has 5 heteroatoms. The van der Waals surface area contributed by atoms with Crippen molar-refractivity contribution >= 4 is 11.6 Å². The third kappa shape index (κ3) is 3.04. The smallest absolute Gasteiger partial charge is 0.290 e. The topological polar surface area (TPSA) is 53.2 Å². The molecule has 18 heavy (non-hydrogen) atoms. The predicted molar refractivity (Wildman–Crippen MR) is 62.2 cm³/mol. The molecular formula is C13H11FN2O2+. The first-order chi connectivity index (χ1) is 8.65. The summed E-state index contributed by atoms with van der Waals surface area (Å²) in [4.78, 5) is 11.7. The van der Waals surface area contributed by atoms with Crippen LogP contribution in [0.4, 0.5) is 10.1 Å². The average molecular weight is 246 g/mol. The molecule has 0 saturated heterocycles. The lowest BCUT2D eigenvalue weighted by molar-refractivity contribution is -0.684. The number of hydrogen-bond donors (Lipinski definition) is 2. The largest absolute Gasteiger partial charge is 0.505 e. The van der Waals surface area contributed by atoms with Crippen LogP contribution in [0.15, 0.2) is 42.7 Å². The molecule has 1 amide bonds. The van der Waals surface area contributed by atoms with E-state index in [2.05, 4.69) is 11.4 Å². The molecule has 0 unspecified atom stereocenters. The summed E-state index contributed by atoms with van der Waals surface area (Å²) in [5, 5.41) is 11.6. The lowest BCUT2D eigenvalue weighted by Crippen LogP contribution is -2.39. The van der Waals surface area contributed by atoms with E-state index in [-0.39, 0.29) is 12.5 Å². The Kier molecular flexibility index (Phi) is 3.52. The van der Waals surface area contributed by atoms with Crippen LogP contribution in [-0.2, 0) is 11.3 Å². The van der Waals surface area contributed by atoms with Crippen LogP contribution < -0.4 is 9.88 Å². The van der Waals surface area contributed by atoms with Gasteiger partial charge in [0.1, 0.15) is 0 Å². The van der Waals surface area contributed by atoms with Gasteiger partial charge in [-0.15, -0.1) is 0 Å². The molecule has 4 nitrogen and oxygen atoms in total. The van der Waals surface area contributed by atoms with Gasteiger partial charge in [0.2, 0.25) is 6.54 Å². The van der Waals surface area contributed by atoms with Gasteiger partial charge in [-0.1, -0.05) is 0 Å². The molecule has 91 valence electrons. The third-order valence-electron chi connectivity index (χ3n) is 2.28. The molecule has 1 aromatic heterocycles. The van der Waals surface area contributed by atoms with Crippen molar-refractivity contribution in [2.24, 2.45) is 0 Å². The quantitative estimate of drug-likeness (QED) is 0.632. The van der Waals surface area contributed by atoms with Crippen molar-refractivity contribution in [3.05, 3.63) is 54.6 Å². The Morgan fingerprint density at radius 1 is 1.39 bits per heavy atom. The van der Waals surface area contributed by atoms with Crippen molar-refractivity contribution in [2.75, 3.05) is 5.32 Å². The maximum Gasteiger partial charge on any atom is 0.290 e. The number of carbonyl (C=O) groups excluding carboxylic acids is 1. The van der Waals surface area contributed by atoms with Crippen LogP contribution in [0.3, 0.4) is 0 Å². The third-order valence-corrected chi connectivity index (χ3v) is 2.28. The zero-order valence-electron chi connectivity index (χ0n) is 9.43. The van der Waals surface area contributed by atoms with Gasteiger partial charge in [0.25, 0.3) is 5.91 Å². The first-order valence-corrected chi connectivity index (χ1v) is 5.28. The van der Waals surface area contributed by atoms with E-state index in [1.807, 2.05) is 0 Å². The summed E-state index contributed by atoms with van der Waals surface area (Å²) in [5.41, 5.74) is 0.304. The monoisotopic (exact) mass is 246 g/mol. The SMILES string of the molecule is O=C(C[n+]1cc[c]cc1)Nc1ccc(O)c(F)c1. The van der Waals surface area contributed by atoms with Crippen molar-refractivity contribution in [1.82, 2.24) is 0 Å². The number of phenols is 1. The van der Waals surface area contributed by atoms with Crippen LogP contribution in [-0.4, -0.2) is 11.0 Å². The number of benzene rings is 1. The Morgan fingerprint density at radius 3 is 2.78 bits per heavy atom.